The fourth-order valence-corrected chi connectivity index (χ4v) is 4.98. The van der Waals surface area contributed by atoms with Gasteiger partial charge >= 0.3 is 0 Å². The Hall–Kier alpha value is -0.370. The second-order valence-corrected chi connectivity index (χ2v) is 9.25. The number of nitrogens with one attached hydrogen (secondary N) is 1. The van der Waals surface area contributed by atoms with Crippen LogP contribution in [0.15, 0.2) is 0 Å². The van der Waals surface area contributed by atoms with Gasteiger partial charge in [-0.25, -0.2) is 8.42 Å². The lowest BCUT2D eigenvalue weighted by Crippen LogP contribution is -2.54. The number of piperazine rings is 1. The summed E-state index contributed by atoms with van der Waals surface area (Å²) in [5, 5.41) is 3.32. The Balaban J connectivity index is 0.00000264. The van der Waals surface area contributed by atoms with Crippen LogP contribution in [-0.2, 0) is 14.6 Å². The maximum absolute atomic E-state index is 12.8. The third-order valence-electron chi connectivity index (χ3n) is 4.51. The zero-order chi connectivity index (χ0) is 16.3. The highest BCUT2D eigenvalue weighted by Gasteiger charge is 2.35. The predicted molar refractivity (Wildman–Crippen MR) is 94.8 cm³/mol. The van der Waals surface area contributed by atoms with E-state index in [-0.39, 0.29) is 35.9 Å². The summed E-state index contributed by atoms with van der Waals surface area (Å²) in [4.78, 5) is 16.8. The lowest BCUT2D eigenvalue weighted by Gasteiger charge is -2.36. The van der Waals surface area contributed by atoms with E-state index in [0.717, 1.165) is 19.6 Å². The van der Waals surface area contributed by atoms with Crippen molar-refractivity contribution in [2.24, 2.45) is 5.92 Å². The molecule has 136 valence electrons. The molecule has 2 atom stereocenters. The molecule has 1 N–H and O–H groups in total. The molecule has 0 bridgehead atoms. The molecule has 2 heterocycles. The van der Waals surface area contributed by atoms with E-state index in [1.807, 2.05) is 4.90 Å². The molecule has 6 nitrogen and oxygen atoms in total. The summed E-state index contributed by atoms with van der Waals surface area (Å²) in [6.07, 6.45) is 0.581. The van der Waals surface area contributed by atoms with Gasteiger partial charge in [0.25, 0.3) is 0 Å². The van der Waals surface area contributed by atoms with Crippen molar-refractivity contribution >= 4 is 28.2 Å². The molecule has 0 saturated carbocycles. The summed E-state index contributed by atoms with van der Waals surface area (Å²) in [5.41, 5.74) is 0. The number of carbonyl (C=O) groups is 1. The first-order chi connectivity index (χ1) is 10.3. The van der Waals surface area contributed by atoms with Crippen LogP contribution in [0.25, 0.3) is 0 Å². The molecule has 0 aromatic rings. The Bertz CT molecular complexity index is 498. The number of sulfone groups is 1. The monoisotopic (exact) mass is 367 g/mol. The fraction of sp³-hybridized carbons (Fsp3) is 0.933. The first-order valence-corrected chi connectivity index (χ1v) is 10.1. The van der Waals surface area contributed by atoms with Crippen LogP contribution in [-0.4, -0.2) is 80.4 Å². The molecule has 8 heteroatoms. The molecular weight excluding hydrogens is 338 g/mol. The summed E-state index contributed by atoms with van der Waals surface area (Å²) < 4.78 is 23.5. The number of nitrogens with zero attached hydrogens (tertiary/aromatic N) is 2. The van der Waals surface area contributed by atoms with Crippen LogP contribution >= 0.6 is 12.4 Å². The van der Waals surface area contributed by atoms with Crippen molar-refractivity contribution in [3.8, 4) is 0 Å². The van der Waals surface area contributed by atoms with Gasteiger partial charge in [-0.1, -0.05) is 13.8 Å². The van der Waals surface area contributed by atoms with E-state index < -0.39 is 9.84 Å². The number of amides is 1. The zero-order valence-electron chi connectivity index (χ0n) is 14.3. The Morgan fingerprint density at radius 3 is 2.61 bits per heavy atom. The highest BCUT2D eigenvalue weighted by atomic mass is 35.5. The van der Waals surface area contributed by atoms with Crippen LogP contribution in [0, 0.1) is 5.92 Å². The quantitative estimate of drug-likeness (QED) is 0.760. The van der Waals surface area contributed by atoms with Crippen molar-refractivity contribution in [3.05, 3.63) is 0 Å². The Labute approximate surface area is 146 Å². The molecule has 2 saturated heterocycles. The highest BCUT2D eigenvalue weighted by molar-refractivity contribution is 7.91. The van der Waals surface area contributed by atoms with Gasteiger partial charge in [-0.05, 0) is 19.3 Å². The normalized spacial score (nSPS) is 27.7. The number of carbonyl (C=O) groups excluding carboxylic acids is 1. The average molecular weight is 368 g/mol. The summed E-state index contributed by atoms with van der Waals surface area (Å²) in [5.74, 6) is 0.754. The largest absolute Gasteiger partial charge is 0.337 e. The third-order valence-corrected chi connectivity index (χ3v) is 6.26. The average Bonchev–Trinajstić information content (AvgIpc) is 2.78. The molecule has 0 radical (unpaired) electrons. The van der Waals surface area contributed by atoms with Gasteiger partial charge in [-0.3, -0.25) is 9.69 Å². The van der Waals surface area contributed by atoms with Gasteiger partial charge in [0.2, 0.25) is 5.91 Å². The van der Waals surface area contributed by atoms with Crippen LogP contribution < -0.4 is 5.32 Å². The van der Waals surface area contributed by atoms with E-state index in [2.05, 4.69) is 31.0 Å². The Morgan fingerprint density at radius 2 is 2.09 bits per heavy atom. The summed E-state index contributed by atoms with van der Waals surface area (Å²) in [6.45, 7) is 9.95. The van der Waals surface area contributed by atoms with E-state index in [1.165, 1.54) is 0 Å². The third kappa shape index (κ3) is 5.89. The molecule has 0 aliphatic carbocycles. The van der Waals surface area contributed by atoms with E-state index >= 15 is 0 Å². The van der Waals surface area contributed by atoms with Gasteiger partial charge in [0.05, 0.1) is 18.1 Å². The highest BCUT2D eigenvalue weighted by Crippen LogP contribution is 2.20. The second kappa shape index (κ2) is 8.65. The SMILES string of the molecule is CC(C)CN(C(=O)CN1CCNC[C@H]1C)C1CCS(=O)(=O)C1.Cl. The molecule has 2 aliphatic rings. The van der Waals surface area contributed by atoms with Crippen molar-refractivity contribution < 1.29 is 13.2 Å². The van der Waals surface area contributed by atoms with Crippen LogP contribution in [0.5, 0.6) is 0 Å². The van der Waals surface area contributed by atoms with Gasteiger partial charge < -0.3 is 10.2 Å². The molecule has 0 spiro atoms. The van der Waals surface area contributed by atoms with E-state index in [0.29, 0.717) is 31.5 Å². The number of hydrogen-bond acceptors (Lipinski definition) is 5. The van der Waals surface area contributed by atoms with Crippen LogP contribution in [0.2, 0.25) is 0 Å². The van der Waals surface area contributed by atoms with E-state index in [1.54, 1.807) is 0 Å². The first kappa shape index (κ1) is 20.7. The van der Waals surface area contributed by atoms with Crippen LogP contribution in [0.4, 0.5) is 0 Å². The van der Waals surface area contributed by atoms with Gasteiger partial charge in [-0.15, -0.1) is 12.4 Å². The number of halogens is 1. The molecule has 1 unspecified atom stereocenters. The second-order valence-electron chi connectivity index (χ2n) is 7.02. The van der Waals surface area contributed by atoms with Gasteiger partial charge in [-0.2, -0.15) is 0 Å². The molecule has 0 aromatic carbocycles. The Morgan fingerprint density at radius 1 is 1.39 bits per heavy atom. The van der Waals surface area contributed by atoms with Crippen molar-refractivity contribution in [1.29, 1.82) is 0 Å². The molecule has 0 aromatic heterocycles. The molecule has 2 aliphatic heterocycles. The fourth-order valence-electron chi connectivity index (χ4n) is 3.25. The maximum Gasteiger partial charge on any atom is 0.237 e. The van der Waals surface area contributed by atoms with Crippen molar-refractivity contribution in [3.63, 3.8) is 0 Å². The summed E-state index contributed by atoms with van der Waals surface area (Å²) in [6, 6.07) is 0.198. The molecule has 23 heavy (non-hydrogen) atoms. The number of rotatable bonds is 5. The zero-order valence-corrected chi connectivity index (χ0v) is 16.0. The first-order valence-electron chi connectivity index (χ1n) is 8.23. The summed E-state index contributed by atoms with van der Waals surface area (Å²) >= 11 is 0. The van der Waals surface area contributed by atoms with Crippen molar-refractivity contribution in [1.82, 2.24) is 15.1 Å². The van der Waals surface area contributed by atoms with Crippen molar-refractivity contribution in [2.45, 2.75) is 39.3 Å². The molecular formula is C15H30ClN3O3S. The standard InChI is InChI=1S/C15H29N3O3S.ClH/c1-12(2)9-18(14-4-7-22(20,21)11-14)15(19)10-17-6-5-16-8-13(17)3;/h12-14,16H,4-11H2,1-3H3;1H/t13-,14?;/m1./s1. The smallest absolute Gasteiger partial charge is 0.237 e. The lowest BCUT2D eigenvalue weighted by atomic mass is 10.1. The minimum Gasteiger partial charge on any atom is -0.337 e. The summed E-state index contributed by atoms with van der Waals surface area (Å²) in [7, 11) is -2.97. The van der Waals surface area contributed by atoms with E-state index in [9.17, 15) is 13.2 Å². The predicted octanol–water partition coefficient (Wildman–Crippen LogP) is 0.374. The number of hydrogen-bond donors (Lipinski definition) is 1. The van der Waals surface area contributed by atoms with Crippen LogP contribution in [0.3, 0.4) is 0 Å². The molecule has 2 rings (SSSR count). The molecule has 1 amide bonds. The Kier molecular flexibility index (Phi) is 7.77. The van der Waals surface area contributed by atoms with Crippen molar-refractivity contribution in [2.75, 3.05) is 44.2 Å². The van der Waals surface area contributed by atoms with E-state index in [4.69, 9.17) is 0 Å². The molecule has 2 fully saturated rings. The van der Waals surface area contributed by atoms with Gasteiger partial charge in [0.15, 0.2) is 9.84 Å². The maximum atomic E-state index is 12.8. The van der Waals surface area contributed by atoms with Gasteiger partial charge in [0.1, 0.15) is 0 Å². The topological polar surface area (TPSA) is 69.7 Å². The van der Waals surface area contributed by atoms with Crippen LogP contribution in [0.1, 0.15) is 27.2 Å². The minimum absolute atomic E-state index is 0. The lowest BCUT2D eigenvalue weighted by molar-refractivity contribution is -0.135. The minimum atomic E-state index is -2.97. The van der Waals surface area contributed by atoms with Gasteiger partial charge in [0, 0.05) is 38.3 Å².